The number of rotatable bonds is 6. The minimum Gasteiger partial charge on any atom is -0.378 e. The summed E-state index contributed by atoms with van der Waals surface area (Å²) in [6.07, 6.45) is 1.87. The van der Waals surface area contributed by atoms with Crippen LogP contribution in [0.1, 0.15) is 27.9 Å². The first kappa shape index (κ1) is 21.5. The van der Waals surface area contributed by atoms with E-state index in [0.29, 0.717) is 33.5 Å². The molecule has 11 heteroatoms. The van der Waals surface area contributed by atoms with Crippen molar-refractivity contribution in [1.82, 2.24) is 15.2 Å². The van der Waals surface area contributed by atoms with Gasteiger partial charge in [-0.1, -0.05) is 22.9 Å². The maximum atomic E-state index is 12.5. The number of methoxy groups -OCH3 is 1. The summed E-state index contributed by atoms with van der Waals surface area (Å²) in [5, 5.41) is 9.87. The molecule has 0 aliphatic carbocycles. The van der Waals surface area contributed by atoms with Crippen LogP contribution in [0, 0.1) is 0 Å². The summed E-state index contributed by atoms with van der Waals surface area (Å²) in [6.45, 7) is 3.44. The van der Waals surface area contributed by atoms with E-state index < -0.39 is 0 Å². The topological polar surface area (TPSA) is 95.6 Å². The Labute approximate surface area is 188 Å². The number of likely N-dealkylation sites (tertiary alicyclic amines) is 1. The molecule has 4 heterocycles. The molecule has 2 amide bonds. The Morgan fingerprint density at radius 3 is 2.93 bits per heavy atom. The molecule has 0 bridgehead atoms. The van der Waals surface area contributed by atoms with Gasteiger partial charge in [-0.3, -0.25) is 14.5 Å². The molecule has 4 rings (SSSR count). The number of hydrogen-bond donors (Lipinski definition) is 3. The molecule has 0 spiro atoms. The molecule has 30 heavy (non-hydrogen) atoms. The third-order valence-electron chi connectivity index (χ3n) is 5.26. The molecule has 1 saturated heterocycles. The molecule has 0 aromatic carbocycles. The summed E-state index contributed by atoms with van der Waals surface area (Å²) in [4.78, 5) is 33.2. The predicted octanol–water partition coefficient (Wildman–Crippen LogP) is 2.67. The molecule has 0 saturated carbocycles. The van der Waals surface area contributed by atoms with Crippen molar-refractivity contribution in [1.29, 1.82) is 0 Å². The molecular weight excluding hydrogens is 446 g/mol. The second kappa shape index (κ2) is 9.19. The molecule has 8 nitrogen and oxygen atoms in total. The van der Waals surface area contributed by atoms with Crippen molar-refractivity contribution in [2.75, 3.05) is 37.4 Å². The summed E-state index contributed by atoms with van der Waals surface area (Å²) in [6, 6.07) is 3.60. The first-order valence-electron chi connectivity index (χ1n) is 9.78. The minimum absolute atomic E-state index is 0.124. The van der Waals surface area contributed by atoms with Crippen LogP contribution in [0.5, 0.6) is 0 Å². The normalized spacial score (nSPS) is 23.6. The highest BCUT2D eigenvalue weighted by molar-refractivity contribution is 7.18. The van der Waals surface area contributed by atoms with Gasteiger partial charge in [0.05, 0.1) is 32.8 Å². The number of halogens is 1. The molecule has 2 aromatic heterocycles. The van der Waals surface area contributed by atoms with Gasteiger partial charge in [-0.15, -0.1) is 11.3 Å². The fourth-order valence-corrected chi connectivity index (χ4v) is 5.64. The number of amides is 2. The number of aromatic nitrogens is 1. The number of nitrogens with zero attached hydrogens (tertiary/aromatic N) is 2. The third-order valence-corrected chi connectivity index (χ3v) is 7.52. The molecule has 1 fully saturated rings. The monoisotopic (exact) mass is 469 g/mol. The van der Waals surface area contributed by atoms with Crippen molar-refractivity contribution in [2.45, 2.75) is 38.0 Å². The summed E-state index contributed by atoms with van der Waals surface area (Å²) in [5.41, 5.74) is 0. The Hall–Kier alpha value is -1.72. The average Bonchev–Trinajstić information content (AvgIpc) is 3.39. The van der Waals surface area contributed by atoms with E-state index in [9.17, 15) is 9.59 Å². The zero-order chi connectivity index (χ0) is 21.3. The first-order chi connectivity index (χ1) is 14.4. The van der Waals surface area contributed by atoms with Gasteiger partial charge in [0.1, 0.15) is 5.82 Å². The van der Waals surface area contributed by atoms with Crippen LogP contribution in [0.4, 0.5) is 10.9 Å². The van der Waals surface area contributed by atoms with Crippen LogP contribution < -0.4 is 16.0 Å². The maximum absolute atomic E-state index is 12.5. The van der Waals surface area contributed by atoms with E-state index in [1.54, 1.807) is 19.2 Å². The van der Waals surface area contributed by atoms with E-state index in [2.05, 4.69) is 27.9 Å². The molecule has 3 N–H and O–H groups in total. The Kier molecular flexibility index (Phi) is 6.59. The Morgan fingerprint density at radius 1 is 1.37 bits per heavy atom. The van der Waals surface area contributed by atoms with Gasteiger partial charge in [0.15, 0.2) is 5.13 Å². The smallest absolute Gasteiger partial charge is 0.261 e. The lowest BCUT2D eigenvalue weighted by molar-refractivity contribution is -0.117. The largest absolute Gasteiger partial charge is 0.378 e. The highest BCUT2D eigenvalue weighted by Crippen LogP contribution is 2.32. The van der Waals surface area contributed by atoms with Crippen LogP contribution in [0.15, 0.2) is 12.1 Å². The van der Waals surface area contributed by atoms with Crippen molar-refractivity contribution in [3.05, 3.63) is 26.2 Å². The summed E-state index contributed by atoms with van der Waals surface area (Å²) in [5.74, 6) is 0.576. The number of thiophene rings is 1. The Bertz CT molecular complexity index is 933. The molecule has 1 unspecified atom stereocenters. The van der Waals surface area contributed by atoms with Gasteiger partial charge in [0.25, 0.3) is 5.91 Å². The van der Waals surface area contributed by atoms with Crippen molar-refractivity contribution in [2.24, 2.45) is 0 Å². The van der Waals surface area contributed by atoms with E-state index in [1.165, 1.54) is 27.6 Å². The van der Waals surface area contributed by atoms with E-state index >= 15 is 0 Å². The van der Waals surface area contributed by atoms with Crippen LogP contribution in [0.3, 0.4) is 0 Å². The number of ether oxygens (including phenoxy) is 1. The minimum atomic E-state index is -0.200. The van der Waals surface area contributed by atoms with E-state index in [0.717, 1.165) is 18.7 Å². The van der Waals surface area contributed by atoms with Gasteiger partial charge in [0, 0.05) is 26.2 Å². The quantitative estimate of drug-likeness (QED) is 0.602. The molecular formula is C19H24ClN5O3S2. The van der Waals surface area contributed by atoms with E-state index in [4.69, 9.17) is 16.3 Å². The Balaban J connectivity index is 1.31. The average molecular weight is 470 g/mol. The van der Waals surface area contributed by atoms with Crippen molar-refractivity contribution < 1.29 is 14.3 Å². The van der Waals surface area contributed by atoms with Crippen LogP contribution in [-0.4, -0.2) is 66.6 Å². The Morgan fingerprint density at radius 2 is 2.20 bits per heavy atom. The van der Waals surface area contributed by atoms with Gasteiger partial charge in [-0.25, -0.2) is 4.98 Å². The first-order valence-corrected chi connectivity index (χ1v) is 11.8. The lowest BCUT2D eigenvalue weighted by Gasteiger charge is -2.18. The zero-order valence-electron chi connectivity index (χ0n) is 16.7. The second-order valence-corrected chi connectivity index (χ2v) is 10.4. The van der Waals surface area contributed by atoms with Crippen LogP contribution in [-0.2, 0) is 16.0 Å². The van der Waals surface area contributed by atoms with Gasteiger partial charge >= 0.3 is 0 Å². The molecule has 2 aliphatic rings. The number of carbonyl (C=O) groups excluding carboxylic acids is 2. The highest BCUT2D eigenvalue weighted by Gasteiger charge is 2.35. The maximum Gasteiger partial charge on any atom is 0.261 e. The molecule has 2 aromatic rings. The zero-order valence-corrected chi connectivity index (χ0v) is 19.1. The van der Waals surface area contributed by atoms with Crippen LogP contribution >= 0.6 is 34.3 Å². The third kappa shape index (κ3) is 4.94. The van der Waals surface area contributed by atoms with Crippen molar-refractivity contribution in [3.8, 4) is 0 Å². The van der Waals surface area contributed by atoms with Gasteiger partial charge in [-0.2, -0.15) is 0 Å². The summed E-state index contributed by atoms with van der Waals surface area (Å²) >= 11 is 8.68. The van der Waals surface area contributed by atoms with Crippen molar-refractivity contribution >= 4 is 57.0 Å². The van der Waals surface area contributed by atoms with Crippen LogP contribution in [0.2, 0.25) is 4.34 Å². The van der Waals surface area contributed by atoms with Gasteiger partial charge in [0.2, 0.25) is 5.91 Å². The fraction of sp³-hybridized carbons (Fsp3) is 0.526. The summed E-state index contributed by atoms with van der Waals surface area (Å²) < 4.78 is 6.10. The molecule has 2 aliphatic heterocycles. The number of carbonyl (C=O) groups is 2. The van der Waals surface area contributed by atoms with Crippen molar-refractivity contribution in [3.63, 3.8) is 0 Å². The van der Waals surface area contributed by atoms with E-state index in [1.807, 2.05) is 4.90 Å². The number of thiazole rings is 1. The lowest BCUT2D eigenvalue weighted by atomic mass is 10.1. The fourth-order valence-electron chi connectivity index (χ4n) is 3.74. The van der Waals surface area contributed by atoms with Gasteiger partial charge in [-0.05, 0) is 31.9 Å². The molecule has 162 valence electrons. The number of aryl methyl sites for hydroxylation is 1. The second-order valence-electron chi connectivity index (χ2n) is 7.57. The number of fused-ring (bicyclic) bond motifs is 1. The lowest BCUT2D eigenvalue weighted by Crippen LogP contribution is -2.43. The summed E-state index contributed by atoms with van der Waals surface area (Å²) in [7, 11) is 1.61. The van der Waals surface area contributed by atoms with Crippen LogP contribution in [0.25, 0.3) is 0 Å². The number of nitrogens with one attached hydrogen (secondary N) is 3. The molecule has 3 atom stereocenters. The SMILES string of the molecule is CO[C@H]1CN(CC(=O)Nc2nc3c(s2)CCC(C)N3)C[C@@H]1NC(=O)c1ccc(Cl)s1. The van der Waals surface area contributed by atoms with E-state index in [-0.39, 0.29) is 30.5 Å². The number of hydrogen-bond acceptors (Lipinski definition) is 8. The van der Waals surface area contributed by atoms with Gasteiger partial charge < -0.3 is 20.7 Å². The standard InChI is InChI=1S/C19H24ClN5O3S2/c1-10-3-4-13-17(21-10)24-19(30-13)23-16(26)9-25-7-11(12(8-25)28-2)22-18(27)14-5-6-15(20)29-14/h5-6,10-12,21H,3-4,7-9H2,1-2H3,(H,22,27)(H,23,24,26)/t10?,11-,12-/m0/s1. The predicted molar refractivity (Wildman–Crippen MR) is 120 cm³/mol. The molecule has 0 radical (unpaired) electrons. The highest BCUT2D eigenvalue weighted by atomic mass is 35.5. The number of anilines is 2.